The minimum absolute atomic E-state index is 0.257. The largest absolute Gasteiger partial charge is 0.368 e. The summed E-state index contributed by atoms with van der Waals surface area (Å²) in [4.78, 5) is 4.44. The van der Waals surface area contributed by atoms with Gasteiger partial charge in [-0.05, 0) is 25.8 Å². The molecule has 0 aliphatic carbocycles. The summed E-state index contributed by atoms with van der Waals surface area (Å²) in [6, 6.07) is 0.727. The van der Waals surface area contributed by atoms with Gasteiger partial charge in [0.15, 0.2) is 0 Å². The first-order valence-corrected chi connectivity index (χ1v) is 4.26. The topological polar surface area (TPSA) is 24.4 Å². The van der Waals surface area contributed by atoms with Gasteiger partial charge in [-0.25, -0.2) is 0 Å². The molecule has 2 nitrogen and oxygen atoms in total. The number of amidine groups is 1. The van der Waals surface area contributed by atoms with E-state index in [0.717, 1.165) is 17.8 Å². The van der Waals surface area contributed by atoms with Gasteiger partial charge in [0, 0.05) is 6.04 Å². The van der Waals surface area contributed by atoms with Gasteiger partial charge >= 0.3 is 0 Å². The molecule has 0 fully saturated rings. The van der Waals surface area contributed by atoms with E-state index in [1.165, 1.54) is 0 Å². The first kappa shape index (κ1) is 9.04. The highest BCUT2D eigenvalue weighted by Gasteiger charge is 2.17. The zero-order valence-electron chi connectivity index (χ0n) is 7.80. The molecule has 1 aliphatic heterocycles. The zero-order chi connectivity index (χ0) is 9.14. The van der Waals surface area contributed by atoms with E-state index < -0.39 is 0 Å². The lowest BCUT2D eigenvalue weighted by Gasteiger charge is -2.25. The molecule has 0 spiro atoms. The molecule has 2 atom stereocenters. The highest BCUT2D eigenvalue weighted by Crippen LogP contribution is 2.11. The van der Waals surface area contributed by atoms with E-state index in [1.807, 2.05) is 13.0 Å². The van der Waals surface area contributed by atoms with E-state index in [0.29, 0.717) is 6.04 Å². The lowest BCUT2D eigenvalue weighted by atomic mass is 10.1. The number of hydrogen-bond donors (Lipinski definition) is 1. The highest BCUT2D eigenvalue weighted by molar-refractivity contribution is 5.97. The third kappa shape index (κ3) is 1.97. The second kappa shape index (κ2) is 3.57. The van der Waals surface area contributed by atoms with Crippen LogP contribution in [-0.2, 0) is 0 Å². The molecular formula is C10H16N2. The van der Waals surface area contributed by atoms with Gasteiger partial charge in [0.05, 0.1) is 6.04 Å². The predicted octanol–water partition coefficient (Wildman–Crippen LogP) is 1.90. The van der Waals surface area contributed by atoms with Crippen LogP contribution in [0, 0.1) is 0 Å². The molecule has 1 aliphatic rings. The maximum Gasteiger partial charge on any atom is 0.124 e. The molecule has 12 heavy (non-hydrogen) atoms. The van der Waals surface area contributed by atoms with Gasteiger partial charge in [-0.15, -0.1) is 6.58 Å². The van der Waals surface area contributed by atoms with Gasteiger partial charge < -0.3 is 5.32 Å². The summed E-state index contributed by atoms with van der Waals surface area (Å²) in [7, 11) is 0. The van der Waals surface area contributed by atoms with Gasteiger partial charge in [0.25, 0.3) is 0 Å². The predicted molar refractivity (Wildman–Crippen MR) is 53.4 cm³/mol. The standard InChI is InChI=1S/C10H16N2/c1-5-9-6-8(4)11-10(12-9)7(2)3/h5,8-9H,1-2,6H2,3-4H3,(H,11,12). The van der Waals surface area contributed by atoms with Crippen LogP contribution < -0.4 is 5.32 Å². The molecule has 0 saturated heterocycles. The molecular weight excluding hydrogens is 148 g/mol. The molecule has 2 heteroatoms. The SMILES string of the molecule is C=CC1CC(C)NC(C(=C)C)=N1. The van der Waals surface area contributed by atoms with Crippen molar-refractivity contribution >= 4 is 5.84 Å². The van der Waals surface area contributed by atoms with Crippen LogP contribution in [0.1, 0.15) is 20.3 Å². The van der Waals surface area contributed by atoms with Crippen LogP contribution in [0.3, 0.4) is 0 Å². The minimum Gasteiger partial charge on any atom is -0.368 e. The van der Waals surface area contributed by atoms with Crippen molar-refractivity contribution in [2.75, 3.05) is 0 Å². The quantitative estimate of drug-likeness (QED) is 0.619. The number of hydrogen-bond acceptors (Lipinski definition) is 2. The van der Waals surface area contributed by atoms with Crippen molar-refractivity contribution in [3.8, 4) is 0 Å². The summed E-state index contributed by atoms with van der Waals surface area (Å²) < 4.78 is 0. The molecule has 2 unspecified atom stereocenters. The van der Waals surface area contributed by atoms with Crippen molar-refractivity contribution in [1.82, 2.24) is 5.32 Å². The van der Waals surface area contributed by atoms with Crippen LogP contribution in [0.25, 0.3) is 0 Å². The van der Waals surface area contributed by atoms with Crippen LogP contribution in [0.5, 0.6) is 0 Å². The van der Waals surface area contributed by atoms with Crippen molar-refractivity contribution < 1.29 is 0 Å². The first-order chi connectivity index (χ1) is 5.63. The lowest BCUT2D eigenvalue weighted by molar-refractivity contribution is 0.539. The lowest BCUT2D eigenvalue weighted by Crippen LogP contribution is -2.40. The van der Waals surface area contributed by atoms with Gasteiger partial charge in [-0.1, -0.05) is 12.7 Å². The Morgan fingerprint density at radius 3 is 2.92 bits per heavy atom. The molecule has 0 aromatic rings. The highest BCUT2D eigenvalue weighted by atomic mass is 15.1. The van der Waals surface area contributed by atoms with Crippen LogP contribution in [-0.4, -0.2) is 17.9 Å². The molecule has 1 rings (SSSR count). The average molecular weight is 164 g/mol. The Bertz CT molecular complexity index is 228. The summed E-state index contributed by atoms with van der Waals surface area (Å²) >= 11 is 0. The zero-order valence-corrected chi connectivity index (χ0v) is 7.80. The number of nitrogens with one attached hydrogen (secondary N) is 1. The molecule has 0 bridgehead atoms. The van der Waals surface area contributed by atoms with Crippen molar-refractivity contribution in [2.45, 2.75) is 32.4 Å². The first-order valence-electron chi connectivity index (χ1n) is 4.26. The van der Waals surface area contributed by atoms with Crippen molar-refractivity contribution in [3.63, 3.8) is 0 Å². The number of rotatable bonds is 2. The molecule has 0 aromatic heterocycles. The van der Waals surface area contributed by atoms with E-state index in [-0.39, 0.29) is 6.04 Å². The smallest absolute Gasteiger partial charge is 0.124 e. The van der Waals surface area contributed by atoms with Crippen LogP contribution >= 0.6 is 0 Å². The number of aliphatic imine (C=N–C) groups is 1. The Balaban J connectivity index is 2.79. The Morgan fingerprint density at radius 2 is 2.42 bits per heavy atom. The fraction of sp³-hybridized carbons (Fsp3) is 0.500. The third-order valence-corrected chi connectivity index (χ3v) is 1.95. The van der Waals surface area contributed by atoms with Crippen LogP contribution in [0.4, 0.5) is 0 Å². The maximum absolute atomic E-state index is 4.44. The van der Waals surface area contributed by atoms with E-state index in [4.69, 9.17) is 0 Å². The van der Waals surface area contributed by atoms with Gasteiger partial charge in [-0.2, -0.15) is 0 Å². The van der Waals surface area contributed by atoms with Crippen LogP contribution in [0.2, 0.25) is 0 Å². The third-order valence-electron chi connectivity index (χ3n) is 1.95. The Morgan fingerprint density at radius 1 is 1.75 bits per heavy atom. The van der Waals surface area contributed by atoms with E-state index in [2.05, 4.69) is 30.4 Å². The molecule has 0 aromatic carbocycles. The second-order valence-corrected chi connectivity index (χ2v) is 3.34. The number of nitrogens with zero attached hydrogens (tertiary/aromatic N) is 1. The van der Waals surface area contributed by atoms with Gasteiger partial charge in [0.2, 0.25) is 0 Å². The normalized spacial score (nSPS) is 28.7. The second-order valence-electron chi connectivity index (χ2n) is 3.34. The van der Waals surface area contributed by atoms with E-state index in [1.54, 1.807) is 0 Å². The van der Waals surface area contributed by atoms with E-state index >= 15 is 0 Å². The Hall–Kier alpha value is -1.05. The minimum atomic E-state index is 0.257. The fourth-order valence-corrected chi connectivity index (χ4v) is 1.29. The van der Waals surface area contributed by atoms with E-state index in [9.17, 15) is 0 Å². The monoisotopic (exact) mass is 164 g/mol. The summed E-state index contributed by atoms with van der Waals surface area (Å²) in [5.41, 5.74) is 0.994. The Labute approximate surface area is 74.1 Å². The van der Waals surface area contributed by atoms with Gasteiger partial charge in [-0.3, -0.25) is 4.99 Å². The van der Waals surface area contributed by atoms with Crippen molar-refractivity contribution in [2.24, 2.45) is 4.99 Å². The summed E-state index contributed by atoms with van der Waals surface area (Å²) in [6.07, 6.45) is 2.92. The van der Waals surface area contributed by atoms with Crippen LogP contribution in [0.15, 0.2) is 29.8 Å². The molecule has 66 valence electrons. The summed E-state index contributed by atoms with van der Waals surface area (Å²) in [6.45, 7) is 11.7. The molecule has 1 N–H and O–H groups in total. The molecule has 0 radical (unpaired) electrons. The molecule has 0 saturated carbocycles. The van der Waals surface area contributed by atoms with Crippen molar-refractivity contribution in [1.29, 1.82) is 0 Å². The molecule has 0 amide bonds. The summed E-state index contributed by atoms with van der Waals surface area (Å²) in [5, 5.41) is 3.28. The van der Waals surface area contributed by atoms with Crippen molar-refractivity contribution in [3.05, 3.63) is 24.8 Å². The fourth-order valence-electron chi connectivity index (χ4n) is 1.29. The average Bonchev–Trinajstić information content (AvgIpc) is 2.03. The summed E-state index contributed by atoms with van der Waals surface area (Å²) in [5.74, 6) is 0.929. The van der Waals surface area contributed by atoms with Gasteiger partial charge in [0.1, 0.15) is 5.84 Å². The maximum atomic E-state index is 4.44. The molecule has 1 heterocycles. The Kier molecular flexibility index (Phi) is 2.69.